The van der Waals surface area contributed by atoms with Gasteiger partial charge < -0.3 is 10.2 Å². The molecule has 0 aliphatic carbocycles. The van der Waals surface area contributed by atoms with Gasteiger partial charge in [0, 0.05) is 41.5 Å². The molecule has 7 rings (SSSR count). The fourth-order valence-corrected chi connectivity index (χ4v) is 7.51. The smallest absolute Gasteiger partial charge is 0.250 e. The maximum atomic E-state index is 14.7. The molecule has 1 N–H and O–H groups in total. The standard InChI is InChI=1S/C36H35N3O3/c1-23-9-13-25(14-10-23)18-27-21-38(22-28(33(27)40)19-26-15-11-24(2)12-16-26)34(41)31-20-29-6-5-17-39(29)36(31)30-7-3-4-8-32(30)37-35(36)42/h3-4,7-16,18-19,29,31H,5-6,17,20-22H2,1-2H3,(H,37,42)/b27-18+,28-19+/t29-,31-,36+/m1/s1. The molecule has 6 nitrogen and oxygen atoms in total. The number of hydrogen-bond donors (Lipinski definition) is 1. The van der Waals surface area contributed by atoms with Crippen LogP contribution in [0.4, 0.5) is 5.69 Å². The third-order valence-electron chi connectivity index (χ3n) is 9.53. The number of benzene rings is 3. The number of para-hydroxylation sites is 1. The summed E-state index contributed by atoms with van der Waals surface area (Å²) >= 11 is 0. The van der Waals surface area contributed by atoms with E-state index in [2.05, 4.69) is 10.2 Å². The van der Waals surface area contributed by atoms with Gasteiger partial charge in [0.15, 0.2) is 5.78 Å². The van der Waals surface area contributed by atoms with Gasteiger partial charge in [0.25, 0.3) is 0 Å². The van der Waals surface area contributed by atoms with Gasteiger partial charge >= 0.3 is 0 Å². The number of aryl methyl sites for hydroxylation is 2. The summed E-state index contributed by atoms with van der Waals surface area (Å²) < 4.78 is 0. The number of likely N-dealkylation sites (tertiary alicyclic amines) is 1. The lowest BCUT2D eigenvalue weighted by molar-refractivity contribution is -0.144. The number of ketones is 1. The van der Waals surface area contributed by atoms with Crippen LogP contribution < -0.4 is 5.32 Å². The van der Waals surface area contributed by atoms with Crippen molar-refractivity contribution in [1.82, 2.24) is 9.80 Å². The number of piperidine rings is 1. The van der Waals surface area contributed by atoms with Gasteiger partial charge in [-0.05, 0) is 69.0 Å². The van der Waals surface area contributed by atoms with Gasteiger partial charge in [-0.1, -0.05) is 77.9 Å². The number of rotatable bonds is 3. The Labute approximate surface area is 246 Å². The molecule has 3 saturated heterocycles. The third kappa shape index (κ3) is 4.24. The predicted molar refractivity (Wildman–Crippen MR) is 164 cm³/mol. The Morgan fingerprint density at radius 2 is 1.45 bits per heavy atom. The van der Waals surface area contributed by atoms with Crippen LogP contribution in [-0.4, -0.2) is 53.1 Å². The number of Topliss-reactive ketones (excluding diaryl/α,β-unsaturated/α-hetero) is 1. The number of carbonyl (C=O) groups excluding carboxylic acids is 3. The van der Waals surface area contributed by atoms with Crippen molar-refractivity contribution in [3.8, 4) is 0 Å². The van der Waals surface area contributed by atoms with Gasteiger partial charge in [0.1, 0.15) is 5.54 Å². The summed E-state index contributed by atoms with van der Waals surface area (Å²) in [5, 5.41) is 3.10. The van der Waals surface area contributed by atoms with Crippen LogP contribution in [-0.2, 0) is 19.9 Å². The molecule has 2 amide bonds. The fourth-order valence-electron chi connectivity index (χ4n) is 7.51. The Hall–Kier alpha value is -4.29. The number of carbonyl (C=O) groups is 3. The number of fused-ring (bicyclic) bond motifs is 4. The molecule has 3 aromatic carbocycles. The van der Waals surface area contributed by atoms with Crippen molar-refractivity contribution in [3.63, 3.8) is 0 Å². The molecule has 3 aromatic rings. The first-order chi connectivity index (χ1) is 20.3. The van der Waals surface area contributed by atoms with Crippen LogP contribution in [0.3, 0.4) is 0 Å². The molecule has 0 aromatic heterocycles. The molecule has 1 spiro atoms. The van der Waals surface area contributed by atoms with Crippen LogP contribution in [0.25, 0.3) is 12.2 Å². The molecule has 212 valence electrons. The molecule has 4 heterocycles. The monoisotopic (exact) mass is 557 g/mol. The molecule has 0 saturated carbocycles. The van der Waals surface area contributed by atoms with Gasteiger partial charge in [-0.2, -0.15) is 0 Å². The number of nitrogens with zero attached hydrogens (tertiary/aromatic N) is 2. The van der Waals surface area contributed by atoms with E-state index in [-0.39, 0.29) is 36.7 Å². The Balaban J connectivity index is 1.29. The van der Waals surface area contributed by atoms with Gasteiger partial charge in [0.05, 0.1) is 5.92 Å². The SMILES string of the molecule is Cc1ccc(/C=C2\CN(C(=O)[C@H]3C[C@H]4CCCN4[C@]34C(=O)Nc3ccccc34)C/C(=C\c3ccc(C)cc3)C2=O)cc1. The lowest BCUT2D eigenvalue weighted by Crippen LogP contribution is -2.56. The zero-order valence-corrected chi connectivity index (χ0v) is 24.1. The number of hydrogen-bond acceptors (Lipinski definition) is 4. The van der Waals surface area contributed by atoms with Crippen molar-refractivity contribution < 1.29 is 14.4 Å². The Morgan fingerprint density at radius 3 is 2.07 bits per heavy atom. The van der Waals surface area contributed by atoms with Gasteiger partial charge in [-0.15, -0.1) is 0 Å². The summed E-state index contributed by atoms with van der Waals surface area (Å²) in [4.78, 5) is 46.5. The molecule has 3 fully saturated rings. The minimum Gasteiger partial charge on any atom is -0.333 e. The first-order valence-electron chi connectivity index (χ1n) is 14.9. The maximum absolute atomic E-state index is 14.7. The number of amides is 2. The van der Waals surface area contributed by atoms with Crippen molar-refractivity contribution in [2.45, 2.75) is 44.7 Å². The number of anilines is 1. The van der Waals surface area contributed by atoms with E-state index in [1.165, 1.54) is 0 Å². The summed E-state index contributed by atoms with van der Waals surface area (Å²) in [5.41, 5.74) is 5.99. The highest BCUT2D eigenvalue weighted by Crippen LogP contribution is 2.55. The van der Waals surface area contributed by atoms with Crippen molar-refractivity contribution >= 4 is 35.4 Å². The Bertz CT molecular complexity index is 1590. The van der Waals surface area contributed by atoms with Gasteiger partial charge in [0.2, 0.25) is 11.8 Å². The largest absolute Gasteiger partial charge is 0.333 e. The zero-order chi connectivity index (χ0) is 29.0. The quantitative estimate of drug-likeness (QED) is 0.431. The molecule has 42 heavy (non-hydrogen) atoms. The Kier molecular flexibility index (Phi) is 6.47. The van der Waals surface area contributed by atoms with Crippen LogP contribution in [0.1, 0.15) is 47.1 Å². The molecule has 3 atom stereocenters. The average Bonchev–Trinajstić information content (AvgIpc) is 3.66. The van der Waals surface area contributed by atoms with E-state index in [9.17, 15) is 14.4 Å². The minimum atomic E-state index is -1.02. The van der Waals surface area contributed by atoms with Crippen LogP contribution in [0, 0.1) is 19.8 Å². The van der Waals surface area contributed by atoms with Crippen LogP contribution >= 0.6 is 0 Å². The van der Waals surface area contributed by atoms with E-state index < -0.39 is 11.5 Å². The first kappa shape index (κ1) is 26.6. The van der Waals surface area contributed by atoms with Crippen molar-refractivity contribution in [2.24, 2.45) is 5.92 Å². The highest BCUT2D eigenvalue weighted by atomic mass is 16.2. The average molecular weight is 558 g/mol. The number of nitrogens with one attached hydrogen (secondary N) is 1. The second-order valence-electron chi connectivity index (χ2n) is 12.2. The summed E-state index contributed by atoms with van der Waals surface area (Å²) in [7, 11) is 0. The van der Waals surface area contributed by atoms with Gasteiger partial charge in [-0.25, -0.2) is 0 Å². The molecular weight excluding hydrogens is 522 g/mol. The van der Waals surface area contributed by atoms with E-state index in [0.29, 0.717) is 17.6 Å². The molecule has 0 unspecified atom stereocenters. The lowest BCUT2D eigenvalue weighted by atomic mass is 9.77. The summed E-state index contributed by atoms with van der Waals surface area (Å²) in [5.74, 6) is -0.731. The van der Waals surface area contributed by atoms with E-state index in [0.717, 1.165) is 52.9 Å². The maximum Gasteiger partial charge on any atom is 0.250 e. The zero-order valence-electron chi connectivity index (χ0n) is 24.1. The van der Waals surface area contributed by atoms with E-state index in [4.69, 9.17) is 0 Å². The predicted octanol–water partition coefficient (Wildman–Crippen LogP) is 5.51. The summed E-state index contributed by atoms with van der Waals surface area (Å²) in [6.07, 6.45) is 6.46. The molecule has 6 heteroatoms. The molecule has 0 radical (unpaired) electrons. The van der Waals surface area contributed by atoms with Crippen molar-refractivity contribution in [1.29, 1.82) is 0 Å². The van der Waals surface area contributed by atoms with Gasteiger partial charge in [-0.3, -0.25) is 19.3 Å². The van der Waals surface area contributed by atoms with Crippen LogP contribution in [0.5, 0.6) is 0 Å². The normalized spacial score (nSPS) is 27.1. The second kappa shape index (κ2) is 10.2. The van der Waals surface area contributed by atoms with E-state index >= 15 is 0 Å². The Morgan fingerprint density at radius 1 is 0.857 bits per heavy atom. The van der Waals surface area contributed by atoms with Crippen molar-refractivity contribution in [3.05, 3.63) is 112 Å². The van der Waals surface area contributed by atoms with Crippen LogP contribution in [0.2, 0.25) is 0 Å². The van der Waals surface area contributed by atoms with Crippen LogP contribution in [0.15, 0.2) is 83.9 Å². The third-order valence-corrected chi connectivity index (χ3v) is 9.53. The minimum absolute atomic E-state index is 0.0362. The molecular formula is C36H35N3O3. The lowest BCUT2D eigenvalue weighted by Gasteiger charge is -2.39. The first-order valence-corrected chi connectivity index (χ1v) is 14.9. The topological polar surface area (TPSA) is 69.7 Å². The fraction of sp³-hybridized carbons (Fsp3) is 0.306. The highest BCUT2D eigenvalue weighted by Gasteiger charge is 2.66. The highest BCUT2D eigenvalue weighted by molar-refractivity contribution is 6.16. The molecule has 0 bridgehead atoms. The summed E-state index contributed by atoms with van der Waals surface area (Å²) in [6.45, 7) is 5.30. The van der Waals surface area contributed by atoms with E-state index in [1.807, 2.05) is 104 Å². The van der Waals surface area contributed by atoms with E-state index in [1.54, 1.807) is 0 Å². The van der Waals surface area contributed by atoms with Crippen molar-refractivity contribution in [2.75, 3.05) is 25.0 Å². The summed E-state index contributed by atoms with van der Waals surface area (Å²) in [6, 6.07) is 24.1. The molecule has 4 aliphatic heterocycles. The molecule has 4 aliphatic rings. The second-order valence-corrected chi connectivity index (χ2v) is 12.2.